The average molecular weight is 418 g/mol. The van der Waals surface area contributed by atoms with Crippen molar-refractivity contribution < 1.29 is 29.3 Å². The SMILES string of the molecule is COC(=O)CCCN/C=C/C[C@H]1C(=O)C[C@@H](O)[C@@H]1/C=C/[C@@H](O)COc1ccccc1. The standard InChI is InChI=1S/C23H31NO6/c1-29-23(28)10-6-14-24-13-5-9-19-20(22(27)15-21(19)26)12-11-17(25)16-30-18-7-3-2-4-8-18/h2-5,7-8,11-13,17,19-20,22,24-25,27H,6,9-10,14-16H2,1H3/b12-11+,13-5+/t17-,19-,20-,22-/m1/s1. The van der Waals surface area contributed by atoms with Crippen LogP contribution in [0.3, 0.4) is 0 Å². The number of carbonyl (C=O) groups excluding carboxylic acids is 2. The topological polar surface area (TPSA) is 105 Å². The van der Waals surface area contributed by atoms with Gasteiger partial charge >= 0.3 is 5.97 Å². The highest BCUT2D eigenvalue weighted by Gasteiger charge is 2.39. The molecule has 0 spiro atoms. The van der Waals surface area contributed by atoms with Gasteiger partial charge in [-0.15, -0.1) is 0 Å². The van der Waals surface area contributed by atoms with Crippen molar-refractivity contribution in [2.45, 2.75) is 37.9 Å². The maximum Gasteiger partial charge on any atom is 0.305 e. The van der Waals surface area contributed by atoms with Gasteiger partial charge in [-0.2, -0.15) is 0 Å². The maximum atomic E-state index is 12.2. The fourth-order valence-electron chi connectivity index (χ4n) is 3.36. The highest BCUT2D eigenvalue weighted by Crippen LogP contribution is 2.33. The molecule has 4 atom stereocenters. The summed E-state index contributed by atoms with van der Waals surface area (Å²) in [4.78, 5) is 23.3. The van der Waals surface area contributed by atoms with Crippen LogP contribution in [0.25, 0.3) is 0 Å². The monoisotopic (exact) mass is 417 g/mol. The number of esters is 1. The minimum atomic E-state index is -0.833. The number of carbonyl (C=O) groups is 2. The summed E-state index contributed by atoms with van der Waals surface area (Å²) in [5, 5.41) is 23.4. The number of methoxy groups -OCH3 is 1. The molecule has 1 aromatic rings. The number of ketones is 1. The molecule has 30 heavy (non-hydrogen) atoms. The van der Waals surface area contributed by atoms with Crippen molar-refractivity contribution in [3.8, 4) is 5.75 Å². The van der Waals surface area contributed by atoms with Crippen LogP contribution in [0.1, 0.15) is 25.7 Å². The Balaban J connectivity index is 1.77. The van der Waals surface area contributed by atoms with Gasteiger partial charge in [0.15, 0.2) is 0 Å². The number of aliphatic hydroxyl groups is 2. The molecule has 1 fully saturated rings. The molecule has 2 rings (SSSR count). The van der Waals surface area contributed by atoms with E-state index in [1.54, 1.807) is 18.4 Å². The fraction of sp³-hybridized carbons (Fsp3) is 0.478. The van der Waals surface area contributed by atoms with E-state index in [2.05, 4.69) is 10.1 Å². The van der Waals surface area contributed by atoms with E-state index in [9.17, 15) is 19.8 Å². The summed E-state index contributed by atoms with van der Waals surface area (Å²) in [5.41, 5.74) is 0. The molecule has 7 heteroatoms. The molecule has 0 aliphatic heterocycles. The Labute approximate surface area is 177 Å². The lowest BCUT2D eigenvalue weighted by Crippen LogP contribution is -2.20. The van der Waals surface area contributed by atoms with E-state index in [0.29, 0.717) is 31.6 Å². The first kappa shape index (κ1) is 23.6. The van der Waals surface area contributed by atoms with Crippen LogP contribution in [0.2, 0.25) is 0 Å². The lowest BCUT2D eigenvalue weighted by atomic mass is 9.90. The van der Waals surface area contributed by atoms with Gasteiger partial charge in [0.1, 0.15) is 24.2 Å². The Bertz CT molecular complexity index is 718. The minimum absolute atomic E-state index is 0.0162. The number of benzene rings is 1. The lowest BCUT2D eigenvalue weighted by Gasteiger charge is -2.17. The molecule has 3 N–H and O–H groups in total. The third kappa shape index (κ3) is 8.00. The van der Waals surface area contributed by atoms with Gasteiger partial charge in [0, 0.05) is 31.2 Å². The predicted octanol–water partition coefficient (Wildman–Crippen LogP) is 2.00. The van der Waals surface area contributed by atoms with Gasteiger partial charge in [0.25, 0.3) is 0 Å². The molecule has 0 bridgehead atoms. The number of allylic oxidation sites excluding steroid dienone is 1. The second-order valence-electron chi connectivity index (χ2n) is 7.27. The van der Waals surface area contributed by atoms with Crippen LogP contribution < -0.4 is 10.1 Å². The van der Waals surface area contributed by atoms with Gasteiger partial charge in [0.05, 0.1) is 13.2 Å². The normalized spacial score (nSPS) is 22.5. The Morgan fingerprint density at radius 2 is 2.10 bits per heavy atom. The largest absolute Gasteiger partial charge is 0.491 e. The zero-order valence-electron chi connectivity index (χ0n) is 17.3. The van der Waals surface area contributed by atoms with Crippen LogP contribution in [0.15, 0.2) is 54.8 Å². The number of hydrogen-bond donors (Lipinski definition) is 3. The highest BCUT2D eigenvalue weighted by atomic mass is 16.5. The Hall–Kier alpha value is -2.64. The number of ether oxygens (including phenoxy) is 2. The van der Waals surface area contributed by atoms with E-state index < -0.39 is 12.2 Å². The van der Waals surface area contributed by atoms with Crippen molar-refractivity contribution in [1.82, 2.24) is 5.32 Å². The van der Waals surface area contributed by atoms with Gasteiger partial charge in [-0.05, 0) is 31.2 Å². The fourth-order valence-corrected chi connectivity index (χ4v) is 3.36. The van der Waals surface area contributed by atoms with E-state index in [-0.39, 0.29) is 36.6 Å². The van der Waals surface area contributed by atoms with Crippen LogP contribution in [0.4, 0.5) is 0 Å². The number of aliphatic hydroxyl groups excluding tert-OH is 2. The molecule has 1 aliphatic carbocycles. The molecule has 7 nitrogen and oxygen atoms in total. The van der Waals surface area contributed by atoms with Gasteiger partial charge in [-0.1, -0.05) is 36.4 Å². The molecule has 164 valence electrons. The van der Waals surface area contributed by atoms with E-state index in [1.807, 2.05) is 36.4 Å². The van der Waals surface area contributed by atoms with Crippen molar-refractivity contribution >= 4 is 11.8 Å². The highest BCUT2D eigenvalue weighted by molar-refractivity contribution is 5.84. The minimum Gasteiger partial charge on any atom is -0.491 e. The van der Waals surface area contributed by atoms with Crippen molar-refractivity contribution in [3.05, 3.63) is 54.8 Å². The van der Waals surface area contributed by atoms with Crippen molar-refractivity contribution in [1.29, 1.82) is 0 Å². The molecule has 0 heterocycles. The average Bonchev–Trinajstić information content (AvgIpc) is 3.02. The third-order valence-corrected chi connectivity index (χ3v) is 5.01. The van der Waals surface area contributed by atoms with E-state index >= 15 is 0 Å². The maximum absolute atomic E-state index is 12.2. The summed E-state index contributed by atoms with van der Waals surface area (Å²) in [7, 11) is 1.36. The summed E-state index contributed by atoms with van der Waals surface area (Å²) >= 11 is 0. The van der Waals surface area contributed by atoms with Crippen molar-refractivity contribution in [3.63, 3.8) is 0 Å². The zero-order chi connectivity index (χ0) is 21.8. The van der Waals surface area contributed by atoms with Crippen LogP contribution in [-0.2, 0) is 14.3 Å². The quantitative estimate of drug-likeness (QED) is 0.271. The second-order valence-corrected chi connectivity index (χ2v) is 7.27. The van der Waals surface area contributed by atoms with Gasteiger partial charge in [-0.3, -0.25) is 9.59 Å². The smallest absolute Gasteiger partial charge is 0.305 e. The van der Waals surface area contributed by atoms with E-state index in [0.717, 1.165) is 0 Å². The van der Waals surface area contributed by atoms with Crippen molar-refractivity contribution in [2.75, 3.05) is 20.3 Å². The van der Waals surface area contributed by atoms with Gasteiger partial charge in [0.2, 0.25) is 0 Å². The van der Waals surface area contributed by atoms with Crippen LogP contribution in [0, 0.1) is 11.8 Å². The second kappa shape index (κ2) is 12.8. The van der Waals surface area contributed by atoms with Gasteiger partial charge < -0.3 is 25.0 Å². The van der Waals surface area contributed by atoms with Crippen LogP contribution >= 0.6 is 0 Å². The third-order valence-electron chi connectivity index (χ3n) is 5.01. The molecule has 1 aliphatic rings. The predicted molar refractivity (Wildman–Crippen MR) is 113 cm³/mol. The number of hydrogen-bond acceptors (Lipinski definition) is 7. The zero-order valence-corrected chi connectivity index (χ0v) is 17.3. The summed E-state index contributed by atoms with van der Waals surface area (Å²) in [6.45, 7) is 0.723. The Kier molecular flexibility index (Phi) is 10.1. The molecule has 0 unspecified atom stereocenters. The summed E-state index contributed by atoms with van der Waals surface area (Å²) in [5.74, 6) is -0.220. The molecule has 0 saturated heterocycles. The van der Waals surface area contributed by atoms with E-state index in [1.165, 1.54) is 7.11 Å². The van der Waals surface area contributed by atoms with Gasteiger partial charge in [-0.25, -0.2) is 0 Å². The number of rotatable bonds is 12. The molecule has 1 saturated carbocycles. The molecule has 1 aromatic carbocycles. The molecule has 0 radical (unpaired) electrons. The summed E-state index contributed by atoms with van der Waals surface area (Å²) < 4.78 is 10.1. The molecular formula is C23H31NO6. The van der Waals surface area contributed by atoms with Crippen LogP contribution in [-0.4, -0.2) is 54.4 Å². The Morgan fingerprint density at radius 3 is 2.83 bits per heavy atom. The lowest BCUT2D eigenvalue weighted by molar-refractivity contribution is -0.140. The Morgan fingerprint density at radius 1 is 1.33 bits per heavy atom. The van der Waals surface area contributed by atoms with E-state index in [4.69, 9.17) is 4.74 Å². The first-order valence-corrected chi connectivity index (χ1v) is 10.2. The number of para-hydroxylation sites is 1. The van der Waals surface area contributed by atoms with Crippen LogP contribution in [0.5, 0.6) is 5.75 Å². The summed E-state index contributed by atoms with van der Waals surface area (Å²) in [6, 6.07) is 9.20. The molecule has 0 amide bonds. The number of nitrogens with one attached hydrogen (secondary N) is 1. The first-order chi connectivity index (χ1) is 14.5. The first-order valence-electron chi connectivity index (χ1n) is 10.2. The number of Topliss-reactive ketones (excluding diaryl/α,β-unsaturated/α-hetero) is 1. The summed E-state index contributed by atoms with van der Waals surface area (Å²) in [6.07, 6.45) is 6.96. The molecule has 0 aromatic heterocycles. The molecular weight excluding hydrogens is 386 g/mol. The van der Waals surface area contributed by atoms with Crippen molar-refractivity contribution in [2.24, 2.45) is 11.8 Å².